The van der Waals surface area contributed by atoms with Crippen molar-refractivity contribution in [3.8, 4) is 5.75 Å². The highest BCUT2D eigenvalue weighted by Gasteiger charge is 2.17. The lowest BCUT2D eigenvalue weighted by Gasteiger charge is -2.26. The number of nitrogens with zero attached hydrogens (tertiary/aromatic N) is 1. The Hall–Kier alpha value is -4.68. The third-order valence-electron chi connectivity index (χ3n) is 6.52. The van der Waals surface area contributed by atoms with Crippen LogP contribution in [0.5, 0.6) is 5.75 Å². The summed E-state index contributed by atoms with van der Waals surface area (Å²) >= 11 is 0. The van der Waals surface area contributed by atoms with Crippen LogP contribution in [-0.4, -0.2) is 12.7 Å². The van der Waals surface area contributed by atoms with Crippen molar-refractivity contribution in [2.75, 3.05) is 4.90 Å². The van der Waals surface area contributed by atoms with E-state index in [0.29, 0.717) is 13.4 Å². The average Bonchev–Trinajstić information content (AvgIpc) is 3.48. The SMILES string of the molecule is O[B]Oc1ccc(N(c2ccc3oc4ccccc4c3c2)c2ccc3oc4ccccc4c3c2)cc1. The van der Waals surface area contributed by atoms with E-state index in [4.69, 9.17) is 18.5 Å². The van der Waals surface area contributed by atoms with Crippen LogP contribution < -0.4 is 9.55 Å². The van der Waals surface area contributed by atoms with E-state index in [1.54, 1.807) is 0 Å². The van der Waals surface area contributed by atoms with Crippen molar-refractivity contribution in [1.29, 1.82) is 0 Å². The Labute approximate surface area is 207 Å². The van der Waals surface area contributed by atoms with E-state index in [0.717, 1.165) is 60.9 Å². The molecule has 7 aromatic rings. The Balaban J connectivity index is 1.45. The molecule has 5 nitrogen and oxygen atoms in total. The minimum atomic E-state index is 0.550. The third kappa shape index (κ3) is 3.31. The fourth-order valence-electron chi connectivity index (χ4n) is 4.89. The van der Waals surface area contributed by atoms with E-state index < -0.39 is 0 Å². The molecule has 36 heavy (non-hydrogen) atoms. The highest BCUT2D eigenvalue weighted by molar-refractivity contribution is 6.17. The van der Waals surface area contributed by atoms with E-state index in [-0.39, 0.29) is 0 Å². The number of furan rings is 2. The minimum absolute atomic E-state index is 0.550. The standard InChI is InChI=1S/C30H19BNO4/c33-31-36-22-13-9-19(10-14-22)32(20-11-15-29-25(17-20)23-5-1-3-7-27(23)34-29)21-12-16-30-26(18-21)24-6-2-4-8-28(24)35-30/h1-18,33H. The quantitative estimate of drug-likeness (QED) is 0.261. The largest absolute Gasteiger partial charge is 0.569 e. The van der Waals surface area contributed by atoms with Crippen molar-refractivity contribution in [3.05, 3.63) is 109 Å². The molecular formula is C30H19BNO4. The molecule has 2 heterocycles. The number of hydrogen-bond donors (Lipinski definition) is 1. The molecule has 0 aliphatic heterocycles. The van der Waals surface area contributed by atoms with Crippen LogP contribution in [0, 0.1) is 0 Å². The predicted molar refractivity (Wildman–Crippen MR) is 144 cm³/mol. The highest BCUT2D eigenvalue weighted by Crippen LogP contribution is 2.41. The van der Waals surface area contributed by atoms with Crippen LogP contribution >= 0.6 is 0 Å². The zero-order valence-electron chi connectivity index (χ0n) is 19.1. The maximum Gasteiger partial charge on any atom is 0.569 e. The fraction of sp³-hybridized carbons (Fsp3) is 0. The van der Waals surface area contributed by atoms with Gasteiger partial charge in [-0.25, -0.2) is 0 Å². The molecule has 0 atom stereocenters. The van der Waals surface area contributed by atoms with Crippen molar-refractivity contribution >= 4 is 68.6 Å². The Morgan fingerprint density at radius 2 is 1.00 bits per heavy atom. The zero-order valence-corrected chi connectivity index (χ0v) is 19.1. The third-order valence-corrected chi connectivity index (χ3v) is 6.52. The summed E-state index contributed by atoms with van der Waals surface area (Å²) in [5.41, 5.74) is 6.34. The Bertz CT molecular complexity index is 1760. The van der Waals surface area contributed by atoms with E-state index >= 15 is 0 Å². The van der Waals surface area contributed by atoms with Gasteiger partial charge < -0.3 is 23.4 Å². The van der Waals surface area contributed by atoms with Gasteiger partial charge in [0.25, 0.3) is 0 Å². The van der Waals surface area contributed by atoms with Gasteiger partial charge >= 0.3 is 7.69 Å². The summed E-state index contributed by atoms with van der Waals surface area (Å²) in [5, 5.41) is 13.3. The van der Waals surface area contributed by atoms with Crippen LogP contribution in [0.15, 0.2) is 118 Å². The Kier molecular flexibility index (Phi) is 4.72. The normalized spacial score (nSPS) is 11.5. The first-order chi connectivity index (χ1) is 17.8. The molecule has 0 saturated carbocycles. The monoisotopic (exact) mass is 468 g/mol. The molecule has 1 radical (unpaired) electrons. The summed E-state index contributed by atoms with van der Waals surface area (Å²) in [7, 11) is 0.683. The van der Waals surface area contributed by atoms with Gasteiger partial charge in [0.15, 0.2) is 0 Å². The van der Waals surface area contributed by atoms with Crippen LogP contribution in [0.2, 0.25) is 0 Å². The lowest BCUT2D eigenvalue weighted by Crippen LogP contribution is -2.10. The van der Waals surface area contributed by atoms with Gasteiger partial charge in [0.05, 0.1) is 0 Å². The molecular weight excluding hydrogens is 449 g/mol. The van der Waals surface area contributed by atoms with Crippen LogP contribution in [0.25, 0.3) is 43.9 Å². The molecule has 0 bridgehead atoms. The molecule has 1 N–H and O–H groups in total. The van der Waals surface area contributed by atoms with Gasteiger partial charge in [0.1, 0.15) is 28.1 Å². The second-order valence-electron chi connectivity index (χ2n) is 8.61. The maximum absolute atomic E-state index is 9.01. The van der Waals surface area contributed by atoms with Crippen molar-refractivity contribution in [2.45, 2.75) is 0 Å². The number of fused-ring (bicyclic) bond motifs is 6. The molecule has 0 fully saturated rings. The van der Waals surface area contributed by atoms with Gasteiger partial charge in [-0.15, -0.1) is 0 Å². The van der Waals surface area contributed by atoms with E-state index in [1.165, 1.54) is 0 Å². The molecule has 0 unspecified atom stereocenters. The topological polar surface area (TPSA) is 59.0 Å². The van der Waals surface area contributed by atoms with Crippen LogP contribution in [0.3, 0.4) is 0 Å². The van der Waals surface area contributed by atoms with E-state index in [9.17, 15) is 0 Å². The van der Waals surface area contributed by atoms with Crippen LogP contribution in [0.1, 0.15) is 0 Å². The van der Waals surface area contributed by atoms with Gasteiger partial charge in [0.2, 0.25) is 0 Å². The summed E-state index contributed by atoms with van der Waals surface area (Å²) < 4.78 is 17.3. The zero-order chi connectivity index (χ0) is 24.1. The van der Waals surface area contributed by atoms with E-state index in [2.05, 4.69) is 41.3 Å². The van der Waals surface area contributed by atoms with E-state index in [1.807, 2.05) is 72.8 Å². The predicted octanol–water partition coefficient (Wildman–Crippen LogP) is 7.86. The smallest absolute Gasteiger partial charge is 0.537 e. The van der Waals surface area contributed by atoms with Gasteiger partial charge in [-0.2, -0.15) is 0 Å². The van der Waals surface area contributed by atoms with Crippen molar-refractivity contribution < 1.29 is 18.5 Å². The lowest BCUT2D eigenvalue weighted by molar-refractivity contribution is 0.454. The van der Waals surface area contributed by atoms with Gasteiger partial charge in [-0.3, -0.25) is 0 Å². The number of benzene rings is 5. The first-order valence-corrected chi connectivity index (χ1v) is 11.6. The van der Waals surface area contributed by atoms with Gasteiger partial charge in [0, 0.05) is 38.6 Å². The highest BCUT2D eigenvalue weighted by atomic mass is 16.5. The maximum atomic E-state index is 9.01. The first kappa shape index (κ1) is 20.7. The first-order valence-electron chi connectivity index (χ1n) is 11.6. The average molecular weight is 468 g/mol. The fourth-order valence-corrected chi connectivity index (χ4v) is 4.89. The molecule has 0 amide bonds. The molecule has 5 aromatic carbocycles. The summed E-state index contributed by atoms with van der Waals surface area (Å²) in [6.07, 6.45) is 0. The van der Waals surface area contributed by atoms with Crippen molar-refractivity contribution in [1.82, 2.24) is 0 Å². The molecule has 0 saturated heterocycles. The number of para-hydroxylation sites is 2. The molecule has 0 aliphatic carbocycles. The molecule has 0 aliphatic rings. The number of anilines is 3. The summed E-state index contributed by atoms with van der Waals surface area (Å²) in [4.78, 5) is 2.19. The minimum Gasteiger partial charge on any atom is -0.537 e. The second-order valence-corrected chi connectivity index (χ2v) is 8.61. The summed E-state index contributed by atoms with van der Waals surface area (Å²) in [5.74, 6) is 0.550. The van der Waals surface area contributed by atoms with Crippen LogP contribution in [0.4, 0.5) is 17.1 Å². The summed E-state index contributed by atoms with van der Waals surface area (Å²) in [6.45, 7) is 0. The Morgan fingerprint density at radius 1 is 0.528 bits per heavy atom. The summed E-state index contributed by atoms with van der Waals surface area (Å²) in [6, 6.07) is 36.2. The molecule has 6 heteroatoms. The van der Waals surface area contributed by atoms with Gasteiger partial charge in [-0.05, 0) is 72.8 Å². The second kappa shape index (κ2) is 8.22. The molecule has 171 valence electrons. The van der Waals surface area contributed by atoms with Gasteiger partial charge in [-0.1, -0.05) is 36.4 Å². The number of rotatable bonds is 5. The molecule has 2 aromatic heterocycles. The molecule has 7 rings (SSSR count). The molecule has 0 spiro atoms. The van der Waals surface area contributed by atoms with Crippen molar-refractivity contribution in [2.24, 2.45) is 0 Å². The number of hydrogen-bond acceptors (Lipinski definition) is 5. The Morgan fingerprint density at radius 3 is 1.53 bits per heavy atom. The lowest BCUT2D eigenvalue weighted by atomic mass is 10.1. The van der Waals surface area contributed by atoms with Crippen molar-refractivity contribution in [3.63, 3.8) is 0 Å². The van der Waals surface area contributed by atoms with Crippen LogP contribution in [-0.2, 0) is 0 Å².